The molecule has 0 spiro atoms. The van der Waals surface area contributed by atoms with Gasteiger partial charge in [-0.2, -0.15) is 0 Å². The summed E-state index contributed by atoms with van der Waals surface area (Å²) in [6, 6.07) is 13.9. The van der Waals surface area contributed by atoms with Crippen molar-refractivity contribution in [3.8, 4) is 5.75 Å². The third kappa shape index (κ3) is 3.18. The zero-order valence-corrected chi connectivity index (χ0v) is 13.2. The van der Waals surface area contributed by atoms with Crippen LogP contribution in [-0.2, 0) is 0 Å². The molecule has 1 heterocycles. The number of hydrogen-bond donors (Lipinski definition) is 0. The maximum atomic E-state index is 12.4. The fourth-order valence-corrected chi connectivity index (χ4v) is 2.57. The van der Waals surface area contributed by atoms with E-state index in [0.29, 0.717) is 6.54 Å². The third-order valence-corrected chi connectivity index (χ3v) is 3.78. The standard InChI is InChI=1S/C18H19N3O2/c1-3-21(18(22)20-11-10-19-13-20)14(2)23-17-9-8-15-6-4-5-7-16(15)12-17/h4-14H,3H2,1-2H3. The average molecular weight is 309 g/mol. The number of rotatable bonds is 4. The van der Waals surface area contributed by atoms with Crippen molar-refractivity contribution in [3.63, 3.8) is 0 Å². The lowest BCUT2D eigenvalue weighted by Crippen LogP contribution is -2.43. The van der Waals surface area contributed by atoms with Gasteiger partial charge in [0.05, 0.1) is 0 Å². The molecular weight excluding hydrogens is 290 g/mol. The third-order valence-electron chi connectivity index (χ3n) is 3.78. The van der Waals surface area contributed by atoms with Crippen LogP contribution >= 0.6 is 0 Å². The Morgan fingerprint density at radius 2 is 2.04 bits per heavy atom. The Morgan fingerprint density at radius 1 is 1.26 bits per heavy atom. The molecule has 23 heavy (non-hydrogen) atoms. The first-order valence-corrected chi connectivity index (χ1v) is 7.63. The van der Waals surface area contributed by atoms with Crippen molar-refractivity contribution in [2.24, 2.45) is 0 Å². The highest BCUT2D eigenvalue weighted by molar-refractivity contribution is 5.83. The lowest BCUT2D eigenvalue weighted by molar-refractivity contribution is 0.0692. The molecule has 0 fully saturated rings. The molecule has 0 bridgehead atoms. The number of fused-ring (bicyclic) bond motifs is 1. The molecule has 5 heteroatoms. The summed E-state index contributed by atoms with van der Waals surface area (Å²) in [5, 5.41) is 2.27. The van der Waals surface area contributed by atoms with Gasteiger partial charge in [0.1, 0.15) is 12.1 Å². The second-order valence-corrected chi connectivity index (χ2v) is 5.26. The molecule has 1 unspecified atom stereocenters. The zero-order valence-electron chi connectivity index (χ0n) is 13.2. The Morgan fingerprint density at radius 3 is 2.74 bits per heavy atom. The summed E-state index contributed by atoms with van der Waals surface area (Å²) in [6.45, 7) is 4.34. The number of carbonyl (C=O) groups is 1. The molecule has 1 atom stereocenters. The highest BCUT2D eigenvalue weighted by Crippen LogP contribution is 2.22. The highest BCUT2D eigenvalue weighted by atomic mass is 16.5. The van der Waals surface area contributed by atoms with Crippen LogP contribution in [0, 0.1) is 0 Å². The van der Waals surface area contributed by atoms with Crippen LogP contribution in [-0.4, -0.2) is 33.3 Å². The van der Waals surface area contributed by atoms with E-state index < -0.39 is 0 Å². The molecule has 1 aromatic heterocycles. The van der Waals surface area contributed by atoms with E-state index in [1.807, 2.05) is 50.2 Å². The van der Waals surface area contributed by atoms with Crippen LogP contribution < -0.4 is 4.74 Å². The quantitative estimate of drug-likeness (QED) is 0.690. The number of hydrogen-bond acceptors (Lipinski definition) is 3. The van der Waals surface area contributed by atoms with Gasteiger partial charge in [-0.3, -0.25) is 9.47 Å². The highest BCUT2D eigenvalue weighted by Gasteiger charge is 2.21. The van der Waals surface area contributed by atoms with Crippen LogP contribution in [0.2, 0.25) is 0 Å². The minimum atomic E-state index is -0.379. The van der Waals surface area contributed by atoms with Crippen molar-refractivity contribution in [3.05, 3.63) is 61.2 Å². The summed E-state index contributed by atoms with van der Waals surface area (Å²) in [4.78, 5) is 18.0. The fraction of sp³-hybridized carbons (Fsp3) is 0.222. The van der Waals surface area contributed by atoms with Gasteiger partial charge in [0.15, 0.2) is 6.23 Å². The number of imidazole rings is 1. The Balaban J connectivity index is 1.78. The Bertz CT molecular complexity index is 799. The van der Waals surface area contributed by atoms with Crippen molar-refractivity contribution >= 4 is 16.8 Å². The van der Waals surface area contributed by atoms with E-state index in [2.05, 4.69) is 11.1 Å². The Hall–Kier alpha value is -2.82. The second kappa shape index (κ2) is 6.52. The number of carbonyl (C=O) groups excluding carboxylic acids is 1. The predicted molar refractivity (Wildman–Crippen MR) is 89.4 cm³/mol. The lowest BCUT2D eigenvalue weighted by Gasteiger charge is -2.28. The van der Waals surface area contributed by atoms with Crippen molar-refractivity contribution < 1.29 is 9.53 Å². The number of amides is 1. The van der Waals surface area contributed by atoms with Gasteiger partial charge in [-0.1, -0.05) is 30.3 Å². The van der Waals surface area contributed by atoms with Crippen molar-refractivity contribution in [2.45, 2.75) is 20.1 Å². The molecule has 2 aromatic carbocycles. The van der Waals surface area contributed by atoms with Crippen LogP contribution in [0.25, 0.3) is 10.8 Å². The first-order chi connectivity index (χ1) is 11.2. The molecule has 0 aliphatic rings. The van der Waals surface area contributed by atoms with Gasteiger partial charge in [-0.05, 0) is 36.8 Å². The zero-order chi connectivity index (χ0) is 16.2. The van der Waals surface area contributed by atoms with E-state index >= 15 is 0 Å². The molecule has 0 N–H and O–H groups in total. The first kappa shape index (κ1) is 15.1. The van der Waals surface area contributed by atoms with Crippen LogP contribution in [0.3, 0.4) is 0 Å². The fourth-order valence-electron chi connectivity index (χ4n) is 2.57. The van der Waals surface area contributed by atoms with E-state index in [0.717, 1.165) is 16.5 Å². The molecular formula is C18H19N3O2. The smallest absolute Gasteiger partial charge is 0.332 e. The molecule has 0 aliphatic carbocycles. The maximum absolute atomic E-state index is 12.4. The van der Waals surface area contributed by atoms with E-state index in [1.165, 1.54) is 10.9 Å². The summed E-state index contributed by atoms with van der Waals surface area (Å²) in [6.07, 6.45) is 4.33. The van der Waals surface area contributed by atoms with Crippen molar-refractivity contribution in [2.75, 3.05) is 6.54 Å². The molecule has 0 saturated carbocycles. The van der Waals surface area contributed by atoms with Crippen molar-refractivity contribution in [1.82, 2.24) is 14.5 Å². The predicted octanol–water partition coefficient (Wildman–Crippen LogP) is 3.75. The SMILES string of the molecule is CCN(C(=O)n1ccnc1)C(C)Oc1ccc2ccccc2c1. The molecule has 3 rings (SSSR count). The largest absolute Gasteiger partial charge is 0.471 e. The van der Waals surface area contributed by atoms with Gasteiger partial charge in [-0.15, -0.1) is 0 Å². The molecule has 0 saturated heterocycles. The molecule has 118 valence electrons. The summed E-state index contributed by atoms with van der Waals surface area (Å²) in [7, 11) is 0. The van der Waals surface area contributed by atoms with Gasteiger partial charge in [0.2, 0.25) is 0 Å². The number of ether oxygens (including phenoxy) is 1. The number of nitrogens with zero attached hydrogens (tertiary/aromatic N) is 3. The van der Waals surface area contributed by atoms with Gasteiger partial charge in [0, 0.05) is 18.9 Å². The summed E-state index contributed by atoms with van der Waals surface area (Å²) in [5.41, 5.74) is 0. The van der Waals surface area contributed by atoms with E-state index in [1.54, 1.807) is 17.3 Å². The minimum Gasteiger partial charge on any atom is -0.471 e. The normalized spacial score (nSPS) is 12.1. The summed E-state index contributed by atoms with van der Waals surface area (Å²) < 4.78 is 7.41. The Kier molecular flexibility index (Phi) is 4.28. The van der Waals surface area contributed by atoms with Gasteiger partial charge in [-0.25, -0.2) is 9.78 Å². The average Bonchev–Trinajstić information content (AvgIpc) is 3.10. The molecule has 0 aliphatic heterocycles. The van der Waals surface area contributed by atoms with Gasteiger partial charge in [0.25, 0.3) is 0 Å². The summed E-state index contributed by atoms with van der Waals surface area (Å²) in [5.74, 6) is 0.744. The molecule has 5 nitrogen and oxygen atoms in total. The minimum absolute atomic E-state index is 0.154. The van der Waals surface area contributed by atoms with Crippen LogP contribution in [0.15, 0.2) is 61.2 Å². The van der Waals surface area contributed by atoms with E-state index in [-0.39, 0.29) is 12.3 Å². The van der Waals surface area contributed by atoms with Crippen molar-refractivity contribution in [1.29, 1.82) is 0 Å². The van der Waals surface area contributed by atoms with Crippen LogP contribution in [0.1, 0.15) is 13.8 Å². The number of benzene rings is 2. The van der Waals surface area contributed by atoms with E-state index in [9.17, 15) is 4.79 Å². The maximum Gasteiger partial charge on any atom is 0.332 e. The summed E-state index contributed by atoms with van der Waals surface area (Å²) >= 11 is 0. The monoisotopic (exact) mass is 309 g/mol. The molecule has 0 radical (unpaired) electrons. The van der Waals surface area contributed by atoms with E-state index in [4.69, 9.17) is 4.74 Å². The molecule has 1 amide bonds. The van der Waals surface area contributed by atoms with Crippen LogP contribution in [0.5, 0.6) is 5.75 Å². The van der Waals surface area contributed by atoms with Crippen LogP contribution in [0.4, 0.5) is 4.79 Å². The Labute approximate surface area is 135 Å². The second-order valence-electron chi connectivity index (χ2n) is 5.26. The first-order valence-electron chi connectivity index (χ1n) is 7.63. The van der Waals surface area contributed by atoms with Gasteiger partial charge >= 0.3 is 6.03 Å². The van der Waals surface area contributed by atoms with Gasteiger partial charge < -0.3 is 4.74 Å². The topological polar surface area (TPSA) is 47.4 Å². The lowest BCUT2D eigenvalue weighted by atomic mass is 10.1. The number of aromatic nitrogens is 2. The molecule has 3 aromatic rings.